The Balaban J connectivity index is 4.24. The van der Waals surface area contributed by atoms with Crippen molar-refractivity contribution < 1.29 is 0 Å². The Hall–Kier alpha value is -0.880. The van der Waals surface area contributed by atoms with Gasteiger partial charge in [-0.1, -0.05) is 49.5 Å². The van der Waals surface area contributed by atoms with Gasteiger partial charge < -0.3 is 10.6 Å². The van der Waals surface area contributed by atoms with E-state index in [0.29, 0.717) is 13.1 Å². The van der Waals surface area contributed by atoms with Crippen molar-refractivity contribution in [2.24, 2.45) is 9.98 Å². The zero-order chi connectivity index (χ0) is 15.1. The number of thioether (sulfide) groups is 2. The molecule has 0 amide bonds. The third kappa shape index (κ3) is 11.0. The Morgan fingerprint density at radius 1 is 0.900 bits per heavy atom. The van der Waals surface area contributed by atoms with Crippen molar-refractivity contribution in [1.82, 2.24) is 10.6 Å². The van der Waals surface area contributed by atoms with Crippen LogP contribution in [0.25, 0.3) is 0 Å². The van der Waals surface area contributed by atoms with Gasteiger partial charge in [0, 0.05) is 13.1 Å². The van der Waals surface area contributed by atoms with E-state index in [2.05, 4.69) is 47.6 Å². The van der Waals surface area contributed by atoms with Gasteiger partial charge in [-0.3, -0.25) is 9.98 Å². The summed E-state index contributed by atoms with van der Waals surface area (Å²) in [6.45, 7) is 14.5. The van der Waals surface area contributed by atoms with Crippen molar-refractivity contribution in [2.75, 3.05) is 37.7 Å². The highest BCUT2D eigenvalue weighted by Gasteiger charge is 1.98. The van der Waals surface area contributed by atoms with Crippen molar-refractivity contribution in [1.29, 1.82) is 0 Å². The second-order valence-electron chi connectivity index (χ2n) is 3.58. The molecule has 0 aliphatic rings. The minimum atomic E-state index is 0.690. The van der Waals surface area contributed by atoms with Crippen molar-refractivity contribution in [3.05, 3.63) is 25.3 Å². The lowest BCUT2D eigenvalue weighted by Crippen LogP contribution is -2.22. The lowest BCUT2D eigenvalue weighted by atomic mass is 10.6. The molecule has 6 heteroatoms. The predicted octanol–water partition coefficient (Wildman–Crippen LogP) is 2.76. The number of rotatable bonds is 9. The average molecular weight is 315 g/mol. The molecule has 0 heterocycles. The van der Waals surface area contributed by atoms with Crippen molar-refractivity contribution in [2.45, 2.75) is 13.8 Å². The molecule has 0 rings (SSSR count). The van der Waals surface area contributed by atoms with Crippen LogP contribution in [-0.2, 0) is 0 Å². The van der Waals surface area contributed by atoms with Gasteiger partial charge in [-0.2, -0.15) is 0 Å². The van der Waals surface area contributed by atoms with Crippen LogP contribution in [0, 0.1) is 0 Å². The topological polar surface area (TPSA) is 48.8 Å². The molecular weight excluding hydrogens is 288 g/mol. The average Bonchev–Trinajstić information content (AvgIpc) is 2.46. The third-order valence-corrected chi connectivity index (χ3v) is 3.64. The van der Waals surface area contributed by atoms with Crippen LogP contribution in [0.3, 0.4) is 0 Å². The Kier molecular flexibility index (Phi) is 13.9. The van der Waals surface area contributed by atoms with Gasteiger partial charge >= 0.3 is 0 Å². The maximum Gasteiger partial charge on any atom is 0.156 e. The van der Waals surface area contributed by atoms with Gasteiger partial charge in [0.2, 0.25) is 0 Å². The summed E-state index contributed by atoms with van der Waals surface area (Å²) >= 11 is 3.42. The minimum Gasteiger partial charge on any atom is -0.361 e. The minimum absolute atomic E-state index is 0.690. The van der Waals surface area contributed by atoms with E-state index in [9.17, 15) is 0 Å². The molecule has 0 radical (unpaired) electrons. The fourth-order valence-corrected chi connectivity index (χ4v) is 2.48. The molecule has 0 saturated carbocycles. The molecule has 0 spiro atoms. The number of aliphatic imine (C=N–C) groups is 2. The van der Waals surface area contributed by atoms with Gasteiger partial charge in [-0.25, -0.2) is 0 Å². The molecule has 0 aliphatic carbocycles. The highest BCUT2D eigenvalue weighted by molar-refractivity contribution is 8.14. The van der Waals surface area contributed by atoms with Crippen molar-refractivity contribution in [3.8, 4) is 0 Å². The molecule has 0 fully saturated rings. The molecule has 0 aromatic carbocycles. The van der Waals surface area contributed by atoms with Gasteiger partial charge in [0.25, 0.3) is 0 Å². The number of hydrogen-bond acceptors (Lipinski definition) is 4. The highest BCUT2D eigenvalue weighted by Crippen LogP contribution is 2.02. The summed E-state index contributed by atoms with van der Waals surface area (Å²) in [5.41, 5.74) is 0. The predicted molar refractivity (Wildman–Crippen MR) is 97.3 cm³/mol. The van der Waals surface area contributed by atoms with Crippen LogP contribution in [0.5, 0.6) is 0 Å². The molecule has 0 saturated heterocycles. The fourth-order valence-electron chi connectivity index (χ4n) is 1.20. The van der Waals surface area contributed by atoms with Crippen LogP contribution in [-0.4, -0.2) is 48.0 Å². The molecule has 0 bridgehead atoms. The standard InChI is InChI=1S/C14H26N4S2/c1-5-9-15-13(19-7-3)17-11-12-18-14(20-8-4)16-10-6-2/h5-6H,1-2,7-12H2,3-4H3,(H,15,17)(H,16,18). The Bertz CT molecular complexity index is 295. The first-order valence-corrected chi connectivity index (χ1v) is 8.79. The first kappa shape index (κ1) is 19.1. The van der Waals surface area contributed by atoms with E-state index >= 15 is 0 Å². The van der Waals surface area contributed by atoms with E-state index < -0.39 is 0 Å². The normalized spacial score (nSPS) is 12.1. The lowest BCUT2D eigenvalue weighted by molar-refractivity contribution is 0.941. The van der Waals surface area contributed by atoms with E-state index in [1.165, 1.54) is 0 Å². The first-order valence-electron chi connectivity index (χ1n) is 6.82. The number of amidine groups is 2. The zero-order valence-electron chi connectivity index (χ0n) is 12.5. The molecular formula is C14H26N4S2. The van der Waals surface area contributed by atoms with Crippen LogP contribution in [0.15, 0.2) is 35.3 Å². The van der Waals surface area contributed by atoms with E-state index in [1.807, 2.05) is 12.2 Å². The summed E-state index contributed by atoms with van der Waals surface area (Å²) in [7, 11) is 0. The molecule has 0 atom stereocenters. The SMILES string of the molecule is C=CCNC(=NCCN=C(NCC=C)SCC)SCC. The second kappa shape index (κ2) is 14.5. The monoisotopic (exact) mass is 314 g/mol. The van der Waals surface area contributed by atoms with Gasteiger partial charge in [-0.05, 0) is 11.5 Å². The molecule has 2 N–H and O–H groups in total. The summed E-state index contributed by atoms with van der Waals surface area (Å²) in [5, 5.41) is 8.39. The molecule has 0 unspecified atom stereocenters. The van der Waals surface area contributed by atoms with Crippen LogP contribution in [0.2, 0.25) is 0 Å². The van der Waals surface area contributed by atoms with Crippen LogP contribution in [0.1, 0.15) is 13.8 Å². The molecule has 114 valence electrons. The maximum absolute atomic E-state index is 4.52. The van der Waals surface area contributed by atoms with E-state index in [0.717, 1.165) is 34.9 Å². The molecule has 20 heavy (non-hydrogen) atoms. The second-order valence-corrected chi connectivity index (χ2v) is 6.08. The molecule has 0 aromatic rings. The van der Waals surface area contributed by atoms with Crippen LogP contribution < -0.4 is 10.6 Å². The van der Waals surface area contributed by atoms with E-state index in [-0.39, 0.29) is 0 Å². The summed E-state index contributed by atoms with van der Waals surface area (Å²) < 4.78 is 0. The fraction of sp³-hybridized carbons (Fsp3) is 0.571. The number of nitrogens with one attached hydrogen (secondary N) is 2. The lowest BCUT2D eigenvalue weighted by Gasteiger charge is -2.07. The van der Waals surface area contributed by atoms with Crippen molar-refractivity contribution in [3.63, 3.8) is 0 Å². The molecule has 0 aromatic heterocycles. The third-order valence-electron chi connectivity index (χ3n) is 1.97. The Morgan fingerprint density at radius 3 is 1.60 bits per heavy atom. The summed E-state index contributed by atoms with van der Waals surface area (Å²) in [6, 6.07) is 0. The summed E-state index contributed by atoms with van der Waals surface area (Å²) in [4.78, 5) is 9.04. The van der Waals surface area contributed by atoms with E-state index in [4.69, 9.17) is 0 Å². The van der Waals surface area contributed by atoms with Gasteiger partial charge in [0.1, 0.15) is 0 Å². The van der Waals surface area contributed by atoms with Gasteiger partial charge in [-0.15, -0.1) is 13.2 Å². The smallest absolute Gasteiger partial charge is 0.156 e. The largest absolute Gasteiger partial charge is 0.361 e. The van der Waals surface area contributed by atoms with E-state index in [1.54, 1.807) is 23.5 Å². The summed E-state index contributed by atoms with van der Waals surface area (Å²) in [5.74, 6) is 2.01. The van der Waals surface area contributed by atoms with Crippen LogP contribution >= 0.6 is 23.5 Å². The van der Waals surface area contributed by atoms with Crippen molar-refractivity contribution >= 4 is 33.9 Å². The Morgan fingerprint density at radius 2 is 1.30 bits per heavy atom. The highest BCUT2D eigenvalue weighted by atomic mass is 32.2. The number of hydrogen-bond donors (Lipinski definition) is 2. The van der Waals surface area contributed by atoms with Crippen LogP contribution in [0.4, 0.5) is 0 Å². The Labute approximate surface area is 131 Å². The molecule has 4 nitrogen and oxygen atoms in total. The maximum atomic E-state index is 4.52. The van der Waals surface area contributed by atoms with Gasteiger partial charge in [0.05, 0.1) is 13.1 Å². The quantitative estimate of drug-likeness (QED) is 0.297. The zero-order valence-corrected chi connectivity index (χ0v) is 14.2. The van der Waals surface area contributed by atoms with Gasteiger partial charge in [0.15, 0.2) is 10.3 Å². The molecule has 0 aliphatic heterocycles. The number of nitrogens with zero attached hydrogens (tertiary/aromatic N) is 2. The summed E-state index contributed by atoms with van der Waals surface area (Å²) in [6.07, 6.45) is 3.66. The first-order chi connectivity index (χ1) is 9.78.